The monoisotopic (exact) mass is 357 g/mol. The van der Waals surface area contributed by atoms with Crippen LogP contribution in [-0.2, 0) is 0 Å². The number of pyridine rings is 1. The molecule has 0 aliphatic heterocycles. The Bertz CT molecular complexity index is 622. The maximum Gasteiger partial charge on any atom is 0.251 e. The molecule has 23 heavy (non-hydrogen) atoms. The SMILES string of the molecule is CC(C)(CN)NC(=O)c1cccc(Oc2ccncc2)c1.Cl.Cl. The molecule has 0 spiro atoms. The van der Waals surface area contributed by atoms with Gasteiger partial charge in [0.1, 0.15) is 11.5 Å². The number of hydrogen-bond acceptors (Lipinski definition) is 4. The predicted octanol–water partition coefficient (Wildman–Crippen LogP) is 3.18. The minimum Gasteiger partial charge on any atom is -0.457 e. The molecule has 1 amide bonds. The van der Waals surface area contributed by atoms with Crippen LogP contribution in [0.25, 0.3) is 0 Å². The molecule has 7 heteroatoms. The van der Waals surface area contributed by atoms with Gasteiger partial charge in [-0.1, -0.05) is 6.07 Å². The first-order valence-electron chi connectivity index (χ1n) is 6.71. The summed E-state index contributed by atoms with van der Waals surface area (Å²) < 4.78 is 5.68. The molecule has 0 atom stereocenters. The maximum absolute atomic E-state index is 12.2. The van der Waals surface area contributed by atoms with Crippen LogP contribution in [0.1, 0.15) is 24.2 Å². The first-order valence-corrected chi connectivity index (χ1v) is 6.71. The molecule has 0 bridgehead atoms. The lowest BCUT2D eigenvalue weighted by atomic mass is 10.1. The van der Waals surface area contributed by atoms with Gasteiger partial charge < -0.3 is 15.8 Å². The molecular formula is C16H21Cl2N3O2. The lowest BCUT2D eigenvalue weighted by Crippen LogP contribution is -2.48. The molecule has 0 unspecified atom stereocenters. The smallest absolute Gasteiger partial charge is 0.251 e. The van der Waals surface area contributed by atoms with Gasteiger partial charge in [-0.25, -0.2) is 0 Å². The van der Waals surface area contributed by atoms with Gasteiger partial charge in [-0.3, -0.25) is 9.78 Å². The van der Waals surface area contributed by atoms with E-state index in [9.17, 15) is 4.79 Å². The van der Waals surface area contributed by atoms with Gasteiger partial charge in [-0.05, 0) is 44.2 Å². The summed E-state index contributed by atoms with van der Waals surface area (Å²) >= 11 is 0. The van der Waals surface area contributed by atoms with E-state index >= 15 is 0 Å². The van der Waals surface area contributed by atoms with Crippen molar-refractivity contribution in [2.45, 2.75) is 19.4 Å². The highest BCUT2D eigenvalue weighted by Crippen LogP contribution is 2.21. The number of carbonyl (C=O) groups excluding carboxylic acids is 1. The average molecular weight is 358 g/mol. The lowest BCUT2D eigenvalue weighted by Gasteiger charge is -2.24. The summed E-state index contributed by atoms with van der Waals surface area (Å²) in [5.74, 6) is 1.09. The summed E-state index contributed by atoms with van der Waals surface area (Å²) in [6, 6.07) is 10.5. The van der Waals surface area contributed by atoms with Gasteiger partial charge in [-0.15, -0.1) is 24.8 Å². The summed E-state index contributed by atoms with van der Waals surface area (Å²) in [6.07, 6.45) is 3.30. The third-order valence-corrected chi connectivity index (χ3v) is 2.94. The summed E-state index contributed by atoms with van der Waals surface area (Å²) in [5, 5.41) is 2.88. The number of amides is 1. The Hall–Kier alpha value is -1.82. The van der Waals surface area contributed by atoms with Crippen molar-refractivity contribution >= 4 is 30.7 Å². The van der Waals surface area contributed by atoms with Crippen LogP contribution in [0.3, 0.4) is 0 Å². The Labute approximate surface area is 148 Å². The van der Waals surface area contributed by atoms with Crippen molar-refractivity contribution in [2.24, 2.45) is 5.73 Å². The molecule has 5 nitrogen and oxygen atoms in total. The molecule has 0 radical (unpaired) electrons. The zero-order valence-corrected chi connectivity index (χ0v) is 14.6. The highest BCUT2D eigenvalue weighted by atomic mass is 35.5. The lowest BCUT2D eigenvalue weighted by molar-refractivity contribution is 0.0915. The van der Waals surface area contributed by atoms with Crippen LogP contribution >= 0.6 is 24.8 Å². The fourth-order valence-electron chi connectivity index (χ4n) is 1.67. The van der Waals surface area contributed by atoms with Gasteiger partial charge in [0, 0.05) is 30.0 Å². The summed E-state index contributed by atoms with van der Waals surface area (Å²) in [5.41, 5.74) is 5.70. The molecule has 2 aromatic rings. The Morgan fingerprint density at radius 2 is 1.83 bits per heavy atom. The van der Waals surface area contributed by atoms with E-state index in [4.69, 9.17) is 10.5 Å². The average Bonchev–Trinajstić information content (AvgIpc) is 2.48. The van der Waals surface area contributed by atoms with E-state index in [2.05, 4.69) is 10.3 Å². The third-order valence-electron chi connectivity index (χ3n) is 2.94. The van der Waals surface area contributed by atoms with Crippen molar-refractivity contribution in [3.63, 3.8) is 0 Å². The van der Waals surface area contributed by atoms with Crippen LogP contribution in [0.5, 0.6) is 11.5 Å². The Morgan fingerprint density at radius 1 is 1.17 bits per heavy atom. The van der Waals surface area contributed by atoms with Crippen LogP contribution < -0.4 is 15.8 Å². The molecule has 0 aliphatic rings. The Kier molecular flexibility index (Phi) is 8.61. The number of nitrogens with zero attached hydrogens (tertiary/aromatic N) is 1. The van der Waals surface area contributed by atoms with Crippen LogP contribution in [0.15, 0.2) is 48.8 Å². The quantitative estimate of drug-likeness (QED) is 0.861. The van der Waals surface area contributed by atoms with Crippen molar-refractivity contribution in [2.75, 3.05) is 6.54 Å². The number of halogens is 2. The van der Waals surface area contributed by atoms with E-state index in [1.807, 2.05) is 13.8 Å². The Morgan fingerprint density at radius 3 is 2.43 bits per heavy atom. The van der Waals surface area contributed by atoms with Crippen molar-refractivity contribution in [1.29, 1.82) is 0 Å². The van der Waals surface area contributed by atoms with Gasteiger partial charge in [-0.2, -0.15) is 0 Å². The second kappa shape index (κ2) is 9.35. The number of nitrogens with one attached hydrogen (secondary N) is 1. The number of hydrogen-bond donors (Lipinski definition) is 2. The summed E-state index contributed by atoms with van der Waals surface area (Å²) in [4.78, 5) is 16.1. The first-order chi connectivity index (χ1) is 10.00. The molecule has 1 aromatic carbocycles. The van der Waals surface area contributed by atoms with Crippen LogP contribution in [-0.4, -0.2) is 23.0 Å². The molecule has 0 saturated heterocycles. The predicted molar refractivity (Wildman–Crippen MR) is 95.8 cm³/mol. The van der Waals surface area contributed by atoms with Crippen molar-refractivity contribution in [3.05, 3.63) is 54.4 Å². The number of benzene rings is 1. The molecule has 2 rings (SSSR count). The van der Waals surface area contributed by atoms with Gasteiger partial charge >= 0.3 is 0 Å². The van der Waals surface area contributed by atoms with Crippen LogP contribution in [0.4, 0.5) is 0 Å². The van der Waals surface area contributed by atoms with Gasteiger partial charge in [0.2, 0.25) is 0 Å². The van der Waals surface area contributed by atoms with Crippen molar-refractivity contribution in [1.82, 2.24) is 10.3 Å². The fraction of sp³-hybridized carbons (Fsp3) is 0.250. The second-order valence-electron chi connectivity index (χ2n) is 5.35. The largest absolute Gasteiger partial charge is 0.457 e. The third kappa shape index (κ3) is 6.44. The minimum atomic E-state index is -0.445. The molecule has 0 fully saturated rings. The van der Waals surface area contributed by atoms with Crippen LogP contribution in [0, 0.1) is 0 Å². The van der Waals surface area contributed by atoms with Crippen LogP contribution in [0.2, 0.25) is 0 Å². The number of ether oxygens (including phenoxy) is 1. The molecule has 1 aromatic heterocycles. The molecule has 1 heterocycles. The summed E-state index contributed by atoms with van der Waals surface area (Å²) in [7, 11) is 0. The zero-order valence-electron chi connectivity index (χ0n) is 13.0. The molecule has 0 saturated carbocycles. The molecule has 126 valence electrons. The molecular weight excluding hydrogens is 337 g/mol. The number of aromatic nitrogens is 1. The fourth-order valence-corrected chi connectivity index (χ4v) is 1.67. The van der Waals surface area contributed by atoms with E-state index < -0.39 is 5.54 Å². The van der Waals surface area contributed by atoms with Crippen molar-refractivity contribution in [3.8, 4) is 11.5 Å². The van der Waals surface area contributed by atoms with Gasteiger partial charge in [0.05, 0.1) is 0 Å². The second-order valence-corrected chi connectivity index (χ2v) is 5.35. The standard InChI is InChI=1S/C16H19N3O2.2ClH/c1-16(2,11-17)19-15(20)12-4-3-5-14(10-12)21-13-6-8-18-9-7-13;;/h3-10H,11,17H2,1-2H3,(H,19,20);2*1H. The van der Waals surface area contributed by atoms with E-state index in [1.165, 1.54) is 0 Å². The minimum absolute atomic E-state index is 0. The highest BCUT2D eigenvalue weighted by Gasteiger charge is 2.19. The molecule has 0 aliphatic carbocycles. The number of carbonyl (C=O) groups is 1. The van der Waals surface area contributed by atoms with Crippen molar-refractivity contribution < 1.29 is 9.53 Å². The first kappa shape index (κ1) is 21.2. The number of nitrogens with two attached hydrogens (primary N) is 1. The zero-order chi connectivity index (χ0) is 15.3. The highest BCUT2D eigenvalue weighted by molar-refractivity contribution is 5.95. The topological polar surface area (TPSA) is 77.2 Å². The van der Waals surface area contributed by atoms with E-state index in [0.717, 1.165) is 0 Å². The van der Waals surface area contributed by atoms with Gasteiger partial charge in [0.25, 0.3) is 5.91 Å². The maximum atomic E-state index is 12.2. The van der Waals surface area contributed by atoms with E-state index in [0.29, 0.717) is 23.6 Å². The van der Waals surface area contributed by atoms with Gasteiger partial charge in [0.15, 0.2) is 0 Å². The number of rotatable bonds is 5. The normalized spacial score (nSPS) is 10.0. The summed E-state index contributed by atoms with van der Waals surface area (Å²) in [6.45, 7) is 4.12. The van der Waals surface area contributed by atoms with E-state index in [-0.39, 0.29) is 30.7 Å². The molecule has 3 N–H and O–H groups in total. The Balaban J connectivity index is 0.00000242. The van der Waals surface area contributed by atoms with E-state index in [1.54, 1.807) is 48.8 Å².